The number of nitrogens with zero attached hydrogens (tertiary/aromatic N) is 5. The summed E-state index contributed by atoms with van der Waals surface area (Å²) in [6.45, 7) is 4.13. The lowest BCUT2D eigenvalue weighted by Crippen LogP contribution is -2.12. The molecule has 1 fully saturated rings. The van der Waals surface area contributed by atoms with E-state index >= 15 is 0 Å². The lowest BCUT2D eigenvalue weighted by molar-refractivity contribution is 0.647. The Morgan fingerprint density at radius 2 is 1.96 bits per heavy atom. The summed E-state index contributed by atoms with van der Waals surface area (Å²) in [6, 6.07) is 5.33. The first-order valence-electron chi connectivity index (χ1n) is 9.23. The number of hydrogen-bond acceptors (Lipinski definition) is 4. The Kier molecular flexibility index (Phi) is 4.22. The van der Waals surface area contributed by atoms with Gasteiger partial charge in [0.2, 0.25) is 5.56 Å². The van der Waals surface area contributed by atoms with Crippen molar-refractivity contribution in [3.63, 3.8) is 0 Å². The summed E-state index contributed by atoms with van der Waals surface area (Å²) >= 11 is 0. The number of hydrogen-bond donors (Lipinski definition) is 1. The molecule has 0 radical (unpaired) electrons. The second-order valence-corrected chi connectivity index (χ2v) is 7.30. The smallest absolute Gasteiger partial charge is 0.248 e. The molecular formula is C19H24N6O. The van der Waals surface area contributed by atoms with Crippen LogP contribution in [0.4, 0.5) is 0 Å². The molecule has 1 saturated carbocycles. The van der Waals surface area contributed by atoms with E-state index in [1.54, 1.807) is 16.9 Å². The molecule has 0 saturated heterocycles. The van der Waals surface area contributed by atoms with E-state index in [1.165, 1.54) is 12.8 Å². The molecule has 3 aromatic rings. The van der Waals surface area contributed by atoms with Gasteiger partial charge in [0.25, 0.3) is 0 Å². The maximum absolute atomic E-state index is 11.8. The van der Waals surface area contributed by atoms with Gasteiger partial charge in [0.15, 0.2) is 17.5 Å². The van der Waals surface area contributed by atoms with Crippen molar-refractivity contribution in [3.05, 3.63) is 46.3 Å². The van der Waals surface area contributed by atoms with Crippen molar-refractivity contribution in [2.45, 2.75) is 51.4 Å². The largest absolute Gasteiger partial charge is 0.325 e. The van der Waals surface area contributed by atoms with Crippen LogP contribution in [0.5, 0.6) is 0 Å². The standard InChI is InChI=1S/C19H24N6O/c1-12(2)17-14(8-9-15(26)21-17)19-22-18(13-6-4-5-7-13)23-25(19)16-10-11-20-24(16)3/h8-13H,4-7H2,1-3H3,(H,21,26). The summed E-state index contributed by atoms with van der Waals surface area (Å²) in [7, 11) is 1.90. The molecule has 3 heterocycles. The fraction of sp³-hybridized carbons (Fsp3) is 0.474. The van der Waals surface area contributed by atoms with Gasteiger partial charge in [-0.3, -0.25) is 9.48 Å². The van der Waals surface area contributed by atoms with Gasteiger partial charge in [0.1, 0.15) is 0 Å². The first kappa shape index (κ1) is 16.8. The molecule has 0 spiro atoms. The fourth-order valence-electron chi connectivity index (χ4n) is 3.73. The second-order valence-electron chi connectivity index (χ2n) is 7.30. The SMILES string of the molecule is CC(C)c1[nH]c(=O)ccc1-c1nc(C2CCCC2)nn1-c1ccnn1C. The molecule has 1 aliphatic rings. The van der Waals surface area contributed by atoms with E-state index in [0.717, 1.165) is 41.6 Å². The Hall–Kier alpha value is -2.70. The summed E-state index contributed by atoms with van der Waals surface area (Å²) in [4.78, 5) is 19.7. The van der Waals surface area contributed by atoms with Crippen LogP contribution in [0, 0.1) is 0 Å². The summed E-state index contributed by atoms with van der Waals surface area (Å²) in [5.41, 5.74) is 1.70. The van der Waals surface area contributed by atoms with Gasteiger partial charge < -0.3 is 4.98 Å². The van der Waals surface area contributed by atoms with Crippen LogP contribution in [0.2, 0.25) is 0 Å². The maximum atomic E-state index is 11.8. The molecule has 0 unspecified atom stereocenters. The van der Waals surface area contributed by atoms with Crippen LogP contribution in [0.25, 0.3) is 17.2 Å². The first-order valence-corrected chi connectivity index (χ1v) is 9.23. The third-order valence-electron chi connectivity index (χ3n) is 5.12. The highest BCUT2D eigenvalue weighted by atomic mass is 16.1. The quantitative estimate of drug-likeness (QED) is 0.782. The normalized spacial score (nSPS) is 15.2. The van der Waals surface area contributed by atoms with Gasteiger partial charge in [-0.05, 0) is 24.8 Å². The number of H-pyrrole nitrogens is 1. The number of rotatable bonds is 4. The molecule has 0 aliphatic heterocycles. The van der Waals surface area contributed by atoms with Gasteiger partial charge in [-0.25, -0.2) is 4.98 Å². The van der Waals surface area contributed by atoms with E-state index in [0.29, 0.717) is 5.92 Å². The number of aromatic nitrogens is 6. The monoisotopic (exact) mass is 352 g/mol. The second kappa shape index (κ2) is 6.55. The van der Waals surface area contributed by atoms with Gasteiger partial charge in [-0.15, -0.1) is 5.10 Å². The minimum absolute atomic E-state index is 0.0972. The van der Waals surface area contributed by atoms with E-state index in [-0.39, 0.29) is 11.5 Å². The molecular weight excluding hydrogens is 328 g/mol. The van der Waals surface area contributed by atoms with Gasteiger partial charge in [-0.2, -0.15) is 9.78 Å². The molecule has 0 bridgehead atoms. The molecule has 0 atom stereocenters. The highest BCUT2D eigenvalue weighted by Gasteiger charge is 2.26. The zero-order valence-electron chi connectivity index (χ0n) is 15.4. The van der Waals surface area contributed by atoms with Crippen molar-refractivity contribution in [3.8, 4) is 17.2 Å². The Balaban J connectivity index is 1.93. The summed E-state index contributed by atoms with van der Waals surface area (Å²) in [6.07, 6.45) is 6.49. The predicted molar refractivity (Wildman–Crippen MR) is 99.5 cm³/mol. The van der Waals surface area contributed by atoms with Gasteiger partial charge in [0, 0.05) is 36.4 Å². The predicted octanol–water partition coefficient (Wildman–Crippen LogP) is 3.14. The zero-order chi connectivity index (χ0) is 18.3. The molecule has 26 heavy (non-hydrogen) atoms. The average Bonchev–Trinajstić information content (AvgIpc) is 3.34. The van der Waals surface area contributed by atoms with Gasteiger partial charge >= 0.3 is 0 Å². The Morgan fingerprint density at radius 1 is 1.19 bits per heavy atom. The van der Waals surface area contributed by atoms with Crippen LogP contribution >= 0.6 is 0 Å². The highest BCUT2D eigenvalue weighted by molar-refractivity contribution is 5.61. The van der Waals surface area contributed by atoms with E-state index in [2.05, 4.69) is 23.9 Å². The molecule has 1 aliphatic carbocycles. The van der Waals surface area contributed by atoms with Crippen molar-refractivity contribution < 1.29 is 0 Å². The Morgan fingerprint density at radius 3 is 2.62 bits per heavy atom. The molecule has 7 heteroatoms. The number of pyridine rings is 1. The number of nitrogens with one attached hydrogen (secondary N) is 1. The van der Waals surface area contributed by atoms with Crippen molar-refractivity contribution in [1.82, 2.24) is 29.5 Å². The molecule has 0 amide bonds. The Labute approximate surface area is 152 Å². The highest BCUT2D eigenvalue weighted by Crippen LogP contribution is 2.35. The van der Waals surface area contributed by atoms with E-state index in [9.17, 15) is 4.79 Å². The number of aryl methyl sites for hydroxylation is 1. The van der Waals surface area contributed by atoms with Crippen molar-refractivity contribution in [2.75, 3.05) is 0 Å². The molecule has 1 N–H and O–H groups in total. The van der Waals surface area contributed by atoms with Crippen LogP contribution in [0.15, 0.2) is 29.2 Å². The van der Waals surface area contributed by atoms with Crippen LogP contribution in [0.1, 0.15) is 62.9 Å². The van der Waals surface area contributed by atoms with Gasteiger partial charge in [0.05, 0.1) is 6.20 Å². The lowest BCUT2D eigenvalue weighted by atomic mass is 10.0. The van der Waals surface area contributed by atoms with Gasteiger partial charge in [-0.1, -0.05) is 26.7 Å². The summed E-state index contributed by atoms with van der Waals surface area (Å²) in [5, 5.41) is 9.12. The molecule has 136 valence electrons. The van der Waals surface area contributed by atoms with Crippen molar-refractivity contribution in [2.24, 2.45) is 7.05 Å². The molecule has 7 nitrogen and oxygen atoms in total. The number of aromatic amines is 1. The molecule has 4 rings (SSSR count). The molecule has 3 aromatic heterocycles. The van der Waals surface area contributed by atoms with Crippen molar-refractivity contribution in [1.29, 1.82) is 0 Å². The van der Waals surface area contributed by atoms with Crippen LogP contribution < -0.4 is 5.56 Å². The summed E-state index contributed by atoms with van der Waals surface area (Å²) < 4.78 is 3.65. The topological polar surface area (TPSA) is 81.4 Å². The van der Waals surface area contributed by atoms with Crippen molar-refractivity contribution >= 4 is 0 Å². The van der Waals surface area contributed by atoms with Crippen LogP contribution in [-0.4, -0.2) is 29.5 Å². The van der Waals surface area contributed by atoms with E-state index < -0.39 is 0 Å². The molecule has 0 aromatic carbocycles. The first-order chi connectivity index (χ1) is 12.5. The maximum Gasteiger partial charge on any atom is 0.248 e. The third kappa shape index (κ3) is 2.87. The van der Waals surface area contributed by atoms with E-state index in [4.69, 9.17) is 10.1 Å². The Bertz CT molecular complexity index is 974. The lowest BCUT2D eigenvalue weighted by Gasteiger charge is -2.12. The summed E-state index contributed by atoms with van der Waals surface area (Å²) in [5.74, 6) is 3.09. The minimum atomic E-state index is -0.0972. The zero-order valence-corrected chi connectivity index (χ0v) is 15.4. The van der Waals surface area contributed by atoms with Crippen LogP contribution in [-0.2, 0) is 7.05 Å². The third-order valence-corrected chi connectivity index (χ3v) is 5.12. The fourth-order valence-corrected chi connectivity index (χ4v) is 3.73. The van der Waals surface area contributed by atoms with Crippen LogP contribution in [0.3, 0.4) is 0 Å². The minimum Gasteiger partial charge on any atom is -0.325 e. The average molecular weight is 352 g/mol. The van der Waals surface area contributed by atoms with E-state index in [1.807, 2.05) is 23.9 Å².